The number of nitrogens with one attached hydrogen (secondary N) is 1. The summed E-state index contributed by atoms with van der Waals surface area (Å²) in [5.74, 6) is 0.0217. The molecule has 0 saturated heterocycles. The molecule has 0 rings (SSSR count). The van der Waals surface area contributed by atoms with Crippen molar-refractivity contribution in [2.75, 3.05) is 19.7 Å². The van der Waals surface area contributed by atoms with Gasteiger partial charge in [0.25, 0.3) is 0 Å². The summed E-state index contributed by atoms with van der Waals surface area (Å²) in [6.07, 6.45) is 37.8. The van der Waals surface area contributed by atoms with Crippen LogP contribution in [-0.4, -0.2) is 37.7 Å². The number of carbonyl (C=O) groups excluding carboxylic acids is 2. The summed E-state index contributed by atoms with van der Waals surface area (Å²) >= 11 is 0. The van der Waals surface area contributed by atoms with Crippen molar-refractivity contribution in [3.05, 3.63) is 0 Å². The molecule has 5 nitrogen and oxygen atoms in total. The molecule has 0 amide bonds. The number of rotatable bonds is 38. The third-order valence-electron chi connectivity index (χ3n) is 9.29. The van der Waals surface area contributed by atoms with Crippen LogP contribution in [0, 0.1) is 0 Å². The highest BCUT2D eigenvalue weighted by Gasteiger charge is 2.14. The maximum atomic E-state index is 12.6. The number of hydrogen-bond donors (Lipinski definition) is 1. The van der Waals surface area contributed by atoms with Gasteiger partial charge in [-0.3, -0.25) is 9.59 Å². The van der Waals surface area contributed by atoms with Crippen LogP contribution < -0.4 is 5.32 Å². The van der Waals surface area contributed by atoms with Gasteiger partial charge in [-0.25, -0.2) is 0 Å². The number of ether oxygens (including phenoxy) is 2. The number of unbranched alkanes of at least 4 members (excludes halogenated alkanes) is 23. The molecule has 0 atom stereocenters. The standard InChI is InChI=1S/C41H81NO4/c1-4-7-10-13-18-25-32-39(33-26-19-14-11-8-5-2)46-41(44)35-28-21-17-23-30-37-42-36-29-22-16-20-27-34-40(43)45-38-31-24-15-12-9-6-3/h39,42H,4-38H2,1-3H3. The highest BCUT2D eigenvalue weighted by Crippen LogP contribution is 2.18. The van der Waals surface area contributed by atoms with Crippen molar-refractivity contribution in [2.24, 2.45) is 0 Å². The average molecular weight is 652 g/mol. The van der Waals surface area contributed by atoms with Crippen LogP contribution in [-0.2, 0) is 19.1 Å². The summed E-state index contributed by atoms with van der Waals surface area (Å²) in [6, 6.07) is 0. The van der Waals surface area contributed by atoms with E-state index in [1.54, 1.807) is 0 Å². The van der Waals surface area contributed by atoms with Crippen LogP contribution in [0.1, 0.15) is 226 Å². The van der Waals surface area contributed by atoms with E-state index >= 15 is 0 Å². The van der Waals surface area contributed by atoms with Crippen molar-refractivity contribution >= 4 is 11.9 Å². The molecular formula is C41H81NO4. The maximum absolute atomic E-state index is 12.6. The van der Waals surface area contributed by atoms with Crippen LogP contribution in [0.5, 0.6) is 0 Å². The third kappa shape index (κ3) is 35.7. The first kappa shape index (κ1) is 44.9. The molecule has 0 aromatic rings. The van der Waals surface area contributed by atoms with Gasteiger partial charge in [0, 0.05) is 12.8 Å². The zero-order chi connectivity index (χ0) is 33.6. The van der Waals surface area contributed by atoms with E-state index in [4.69, 9.17) is 9.47 Å². The van der Waals surface area contributed by atoms with E-state index in [1.807, 2.05) is 0 Å². The Bertz CT molecular complexity index is 610. The Kier molecular flexibility index (Phi) is 37.4. The van der Waals surface area contributed by atoms with E-state index in [2.05, 4.69) is 26.1 Å². The quantitative estimate of drug-likeness (QED) is 0.0531. The van der Waals surface area contributed by atoms with E-state index < -0.39 is 0 Å². The Balaban J connectivity index is 3.65. The number of esters is 2. The van der Waals surface area contributed by atoms with Gasteiger partial charge >= 0.3 is 11.9 Å². The lowest BCUT2D eigenvalue weighted by Gasteiger charge is -2.18. The molecule has 0 radical (unpaired) electrons. The maximum Gasteiger partial charge on any atom is 0.306 e. The van der Waals surface area contributed by atoms with E-state index in [1.165, 1.54) is 148 Å². The fourth-order valence-corrected chi connectivity index (χ4v) is 6.18. The monoisotopic (exact) mass is 652 g/mol. The second-order valence-electron chi connectivity index (χ2n) is 14.0. The summed E-state index contributed by atoms with van der Waals surface area (Å²) < 4.78 is 11.4. The molecule has 0 aliphatic carbocycles. The zero-order valence-corrected chi connectivity index (χ0v) is 31.5. The molecule has 0 aromatic carbocycles. The lowest BCUT2D eigenvalue weighted by Crippen LogP contribution is -2.18. The Morgan fingerprint density at radius 1 is 0.435 bits per heavy atom. The van der Waals surface area contributed by atoms with Crippen LogP contribution in [0.25, 0.3) is 0 Å². The lowest BCUT2D eigenvalue weighted by atomic mass is 10.0. The second kappa shape index (κ2) is 38.3. The van der Waals surface area contributed by atoms with Crippen molar-refractivity contribution in [1.82, 2.24) is 5.32 Å². The van der Waals surface area contributed by atoms with Crippen molar-refractivity contribution in [3.63, 3.8) is 0 Å². The fourth-order valence-electron chi connectivity index (χ4n) is 6.18. The van der Waals surface area contributed by atoms with E-state index in [0.717, 1.165) is 58.0 Å². The summed E-state index contributed by atoms with van der Waals surface area (Å²) in [6.45, 7) is 9.54. The van der Waals surface area contributed by atoms with Crippen LogP contribution in [0.15, 0.2) is 0 Å². The lowest BCUT2D eigenvalue weighted by molar-refractivity contribution is -0.150. The Labute approximate surface area is 287 Å². The Hall–Kier alpha value is -1.10. The van der Waals surface area contributed by atoms with Crippen LogP contribution >= 0.6 is 0 Å². The SMILES string of the molecule is CCCCCCCCOC(=O)CCCCCCCNCCCCCCCC(=O)OC(CCCCCCCC)CCCCCCCC. The van der Waals surface area contributed by atoms with Crippen molar-refractivity contribution < 1.29 is 19.1 Å². The van der Waals surface area contributed by atoms with Gasteiger partial charge in [-0.15, -0.1) is 0 Å². The second-order valence-corrected chi connectivity index (χ2v) is 14.0. The molecule has 0 aliphatic rings. The van der Waals surface area contributed by atoms with Gasteiger partial charge in [-0.05, 0) is 70.9 Å². The first-order chi connectivity index (χ1) is 22.6. The minimum atomic E-state index is -0.0126. The zero-order valence-electron chi connectivity index (χ0n) is 31.5. The molecule has 46 heavy (non-hydrogen) atoms. The minimum Gasteiger partial charge on any atom is -0.466 e. The Morgan fingerprint density at radius 2 is 0.804 bits per heavy atom. The smallest absolute Gasteiger partial charge is 0.306 e. The van der Waals surface area contributed by atoms with E-state index in [9.17, 15) is 9.59 Å². The molecule has 1 N–H and O–H groups in total. The van der Waals surface area contributed by atoms with Crippen LogP contribution in [0.2, 0.25) is 0 Å². The molecule has 0 aromatic heterocycles. The van der Waals surface area contributed by atoms with Gasteiger partial charge in [-0.2, -0.15) is 0 Å². The molecule has 274 valence electrons. The van der Waals surface area contributed by atoms with Crippen LogP contribution in [0.3, 0.4) is 0 Å². The van der Waals surface area contributed by atoms with Gasteiger partial charge in [-0.1, -0.05) is 156 Å². The molecular weight excluding hydrogens is 570 g/mol. The normalized spacial score (nSPS) is 11.4. The molecule has 5 heteroatoms. The fraction of sp³-hybridized carbons (Fsp3) is 0.951. The predicted molar refractivity (Wildman–Crippen MR) is 198 cm³/mol. The largest absolute Gasteiger partial charge is 0.466 e. The first-order valence-corrected chi connectivity index (χ1v) is 20.7. The summed E-state index contributed by atoms with van der Waals surface area (Å²) in [5.41, 5.74) is 0. The predicted octanol–water partition coefficient (Wildman–Crippen LogP) is 12.6. The average Bonchev–Trinajstić information content (AvgIpc) is 3.05. The molecule has 0 heterocycles. The summed E-state index contributed by atoms with van der Waals surface area (Å²) in [7, 11) is 0. The van der Waals surface area contributed by atoms with Gasteiger partial charge in [0.2, 0.25) is 0 Å². The van der Waals surface area contributed by atoms with Crippen molar-refractivity contribution in [3.8, 4) is 0 Å². The van der Waals surface area contributed by atoms with Gasteiger partial charge < -0.3 is 14.8 Å². The molecule has 0 bridgehead atoms. The topological polar surface area (TPSA) is 64.6 Å². The molecule has 0 saturated carbocycles. The number of hydrogen-bond acceptors (Lipinski definition) is 5. The molecule has 0 fully saturated rings. The van der Waals surface area contributed by atoms with Crippen LogP contribution in [0.4, 0.5) is 0 Å². The van der Waals surface area contributed by atoms with E-state index in [-0.39, 0.29) is 18.0 Å². The third-order valence-corrected chi connectivity index (χ3v) is 9.29. The van der Waals surface area contributed by atoms with Gasteiger partial charge in [0.15, 0.2) is 0 Å². The van der Waals surface area contributed by atoms with Crippen molar-refractivity contribution in [1.29, 1.82) is 0 Å². The summed E-state index contributed by atoms with van der Waals surface area (Å²) in [4.78, 5) is 24.4. The van der Waals surface area contributed by atoms with Gasteiger partial charge in [0.1, 0.15) is 6.10 Å². The Morgan fingerprint density at radius 3 is 1.28 bits per heavy atom. The highest BCUT2D eigenvalue weighted by atomic mass is 16.5. The minimum absolute atomic E-state index is 0.0126. The highest BCUT2D eigenvalue weighted by molar-refractivity contribution is 5.69. The molecule has 0 spiro atoms. The first-order valence-electron chi connectivity index (χ1n) is 20.7. The number of carbonyl (C=O) groups is 2. The van der Waals surface area contributed by atoms with Crippen molar-refractivity contribution in [2.45, 2.75) is 232 Å². The van der Waals surface area contributed by atoms with E-state index in [0.29, 0.717) is 19.4 Å². The molecule has 0 unspecified atom stereocenters. The molecule has 0 aliphatic heterocycles. The van der Waals surface area contributed by atoms with Gasteiger partial charge in [0.05, 0.1) is 6.61 Å². The summed E-state index contributed by atoms with van der Waals surface area (Å²) in [5, 5.41) is 3.58.